The van der Waals surface area contributed by atoms with Crippen LogP contribution in [0.4, 0.5) is 0 Å². The Kier molecular flexibility index (Phi) is 8.94. The molecular formula is C8H16N2O6. The lowest BCUT2D eigenvalue weighted by Crippen LogP contribution is -2.02. The van der Waals surface area contributed by atoms with Gasteiger partial charge in [0.2, 0.25) is 0 Å². The average molecular weight is 236 g/mol. The highest BCUT2D eigenvalue weighted by Crippen LogP contribution is 2.05. The van der Waals surface area contributed by atoms with Crippen molar-refractivity contribution in [2.45, 2.75) is 38.5 Å². The van der Waals surface area contributed by atoms with Crippen molar-refractivity contribution in [3.8, 4) is 0 Å². The van der Waals surface area contributed by atoms with E-state index in [1.165, 1.54) is 0 Å². The van der Waals surface area contributed by atoms with Crippen molar-refractivity contribution in [2.24, 2.45) is 0 Å². The first-order valence-electron chi connectivity index (χ1n) is 5.17. The molecule has 0 aliphatic carbocycles. The first-order chi connectivity index (χ1) is 7.63. The zero-order chi connectivity index (χ0) is 12.2. The molecule has 0 atom stereocenters. The number of rotatable bonds is 11. The number of unbranched alkanes of at least 4 members (excludes halogenated alkanes) is 5. The molecule has 0 rings (SSSR count). The Bertz CT molecular complexity index is 189. The zero-order valence-electron chi connectivity index (χ0n) is 9.00. The third kappa shape index (κ3) is 12.4. The topological polar surface area (TPSA) is 105 Å². The van der Waals surface area contributed by atoms with Gasteiger partial charge in [-0.2, -0.15) is 0 Å². The monoisotopic (exact) mass is 236 g/mol. The van der Waals surface area contributed by atoms with E-state index >= 15 is 0 Å². The Labute approximate surface area is 92.7 Å². The summed E-state index contributed by atoms with van der Waals surface area (Å²) in [5.74, 6) is 0. The maximum absolute atomic E-state index is 9.78. The molecule has 0 aromatic rings. The summed E-state index contributed by atoms with van der Waals surface area (Å²) < 4.78 is 0. The maximum atomic E-state index is 9.78. The molecule has 0 aliphatic rings. The molecule has 0 N–H and O–H groups in total. The van der Waals surface area contributed by atoms with E-state index in [0.717, 1.165) is 25.7 Å². The second kappa shape index (κ2) is 9.94. The second-order valence-electron chi connectivity index (χ2n) is 3.23. The SMILES string of the molecule is O=[N+]([O-])OCCCCCCCCO[N+](=O)[O-]. The predicted molar refractivity (Wildman–Crippen MR) is 53.6 cm³/mol. The van der Waals surface area contributed by atoms with Gasteiger partial charge in [0.1, 0.15) is 0 Å². The Morgan fingerprint density at radius 2 is 1.00 bits per heavy atom. The fourth-order valence-corrected chi connectivity index (χ4v) is 1.19. The van der Waals surface area contributed by atoms with E-state index in [1.807, 2.05) is 0 Å². The van der Waals surface area contributed by atoms with Gasteiger partial charge >= 0.3 is 0 Å². The van der Waals surface area contributed by atoms with E-state index in [4.69, 9.17) is 0 Å². The summed E-state index contributed by atoms with van der Waals surface area (Å²) in [5.41, 5.74) is 0. The second-order valence-corrected chi connectivity index (χ2v) is 3.23. The minimum Gasteiger partial charge on any atom is -0.314 e. The van der Waals surface area contributed by atoms with Crippen LogP contribution in [0.2, 0.25) is 0 Å². The van der Waals surface area contributed by atoms with Crippen LogP contribution in [0.1, 0.15) is 38.5 Å². The lowest BCUT2D eigenvalue weighted by atomic mass is 10.1. The number of nitrogens with zero attached hydrogens (tertiary/aromatic N) is 2. The summed E-state index contributed by atoms with van der Waals surface area (Å²) in [6.45, 7) is 0.273. The van der Waals surface area contributed by atoms with Crippen LogP contribution in [0, 0.1) is 20.2 Å². The molecule has 0 saturated carbocycles. The first-order valence-corrected chi connectivity index (χ1v) is 5.17. The van der Waals surface area contributed by atoms with Crippen LogP contribution >= 0.6 is 0 Å². The molecule has 0 aliphatic heterocycles. The van der Waals surface area contributed by atoms with Gasteiger partial charge in [0.15, 0.2) is 0 Å². The molecule has 0 aromatic carbocycles. The van der Waals surface area contributed by atoms with Crippen LogP contribution in [0.25, 0.3) is 0 Å². The molecule has 0 radical (unpaired) electrons. The summed E-state index contributed by atoms with van der Waals surface area (Å²) in [6, 6.07) is 0. The van der Waals surface area contributed by atoms with Gasteiger partial charge in [0, 0.05) is 0 Å². The summed E-state index contributed by atoms with van der Waals surface area (Å²) in [6.07, 6.45) is 4.94. The van der Waals surface area contributed by atoms with Crippen LogP contribution in [0.3, 0.4) is 0 Å². The first kappa shape index (κ1) is 14.4. The maximum Gasteiger partial charge on any atom is 0.294 e. The molecule has 0 aromatic heterocycles. The highest BCUT2D eigenvalue weighted by Gasteiger charge is 1.96. The Hall–Kier alpha value is -1.60. The summed E-state index contributed by atoms with van der Waals surface area (Å²) in [4.78, 5) is 27.8. The third-order valence-electron chi connectivity index (χ3n) is 1.93. The van der Waals surface area contributed by atoms with Gasteiger partial charge < -0.3 is 9.68 Å². The van der Waals surface area contributed by atoms with Crippen molar-refractivity contribution >= 4 is 0 Å². The van der Waals surface area contributed by atoms with Gasteiger partial charge in [0.25, 0.3) is 10.2 Å². The largest absolute Gasteiger partial charge is 0.314 e. The van der Waals surface area contributed by atoms with Crippen LogP contribution in [-0.4, -0.2) is 23.4 Å². The molecule has 0 spiro atoms. The molecule has 0 saturated heterocycles. The fourth-order valence-electron chi connectivity index (χ4n) is 1.19. The average Bonchev–Trinajstić information content (AvgIpc) is 2.20. The summed E-state index contributed by atoms with van der Waals surface area (Å²) in [7, 11) is 0. The van der Waals surface area contributed by atoms with E-state index in [9.17, 15) is 20.2 Å². The van der Waals surface area contributed by atoms with Crippen LogP contribution in [0.5, 0.6) is 0 Å². The summed E-state index contributed by atoms with van der Waals surface area (Å²) in [5, 5.41) is 18.0. The van der Waals surface area contributed by atoms with E-state index in [2.05, 4.69) is 9.68 Å². The van der Waals surface area contributed by atoms with Gasteiger partial charge in [-0.1, -0.05) is 25.7 Å². The quantitative estimate of drug-likeness (QED) is 0.307. The van der Waals surface area contributed by atoms with E-state index in [-0.39, 0.29) is 13.2 Å². The zero-order valence-corrected chi connectivity index (χ0v) is 9.00. The van der Waals surface area contributed by atoms with Crippen molar-refractivity contribution in [1.82, 2.24) is 0 Å². The van der Waals surface area contributed by atoms with Crippen LogP contribution < -0.4 is 0 Å². The molecule has 0 unspecified atom stereocenters. The van der Waals surface area contributed by atoms with Crippen molar-refractivity contribution in [2.75, 3.05) is 13.2 Å². The molecule has 0 fully saturated rings. The smallest absolute Gasteiger partial charge is 0.294 e. The van der Waals surface area contributed by atoms with Gasteiger partial charge in [-0.3, -0.25) is 0 Å². The molecule has 16 heavy (non-hydrogen) atoms. The third-order valence-corrected chi connectivity index (χ3v) is 1.93. The van der Waals surface area contributed by atoms with Gasteiger partial charge in [-0.05, 0) is 12.8 Å². The van der Waals surface area contributed by atoms with Gasteiger partial charge in [-0.15, -0.1) is 20.2 Å². The molecule has 0 bridgehead atoms. The van der Waals surface area contributed by atoms with Crippen molar-refractivity contribution < 1.29 is 19.8 Å². The van der Waals surface area contributed by atoms with Crippen LogP contribution in [-0.2, 0) is 9.68 Å². The lowest BCUT2D eigenvalue weighted by molar-refractivity contribution is -0.757. The minimum absolute atomic E-state index is 0.136. The molecular weight excluding hydrogens is 220 g/mol. The highest BCUT2D eigenvalue weighted by molar-refractivity contribution is 4.44. The Morgan fingerprint density at radius 1 is 0.688 bits per heavy atom. The van der Waals surface area contributed by atoms with E-state index in [1.54, 1.807) is 0 Å². The standard InChI is InChI=1S/C8H16N2O6/c11-9(12)15-7-5-3-1-2-4-6-8-16-10(13)14/h1-8H2. The molecule has 0 amide bonds. The molecule has 8 nitrogen and oxygen atoms in total. The number of hydrogen-bond acceptors (Lipinski definition) is 6. The molecule has 8 heteroatoms. The summed E-state index contributed by atoms with van der Waals surface area (Å²) >= 11 is 0. The minimum atomic E-state index is -0.797. The Morgan fingerprint density at radius 3 is 1.31 bits per heavy atom. The van der Waals surface area contributed by atoms with Crippen molar-refractivity contribution in [1.29, 1.82) is 0 Å². The molecule has 94 valence electrons. The lowest BCUT2D eigenvalue weighted by Gasteiger charge is -2.01. The van der Waals surface area contributed by atoms with Crippen molar-refractivity contribution in [3.05, 3.63) is 20.2 Å². The fraction of sp³-hybridized carbons (Fsp3) is 1.00. The predicted octanol–water partition coefficient (Wildman–Crippen LogP) is 1.74. The molecule has 0 heterocycles. The highest BCUT2D eigenvalue weighted by atomic mass is 17.0. The van der Waals surface area contributed by atoms with Crippen LogP contribution in [0.15, 0.2) is 0 Å². The normalized spacial score (nSPS) is 9.75. The van der Waals surface area contributed by atoms with Crippen molar-refractivity contribution in [3.63, 3.8) is 0 Å². The van der Waals surface area contributed by atoms with Gasteiger partial charge in [-0.25, -0.2) is 0 Å². The number of hydrogen-bond donors (Lipinski definition) is 0. The van der Waals surface area contributed by atoms with E-state index in [0.29, 0.717) is 12.8 Å². The van der Waals surface area contributed by atoms with Gasteiger partial charge in [0.05, 0.1) is 13.2 Å². The van der Waals surface area contributed by atoms with E-state index < -0.39 is 10.2 Å². The Balaban J connectivity index is 2.98.